The monoisotopic (exact) mass is 267 g/mol. The van der Waals surface area contributed by atoms with Gasteiger partial charge in [0.05, 0.1) is 6.20 Å². The van der Waals surface area contributed by atoms with Crippen molar-refractivity contribution in [3.05, 3.63) is 12.0 Å². The maximum atomic E-state index is 13.7. The van der Waals surface area contributed by atoms with Crippen molar-refractivity contribution < 1.29 is 9.13 Å². The van der Waals surface area contributed by atoms with Gasteiger partial charge < -0.3 is 10.1 Å². The van der Waals surface area contributed by atoms with Crippen LogP contribution < -0.4 is 10.1 Å². The summed E-state index contributed by atoms with van der Waals surface area (Å²) in [4.78, 5) is 7.99. The highest BCUT2D eigenvalue weighted by molar-refractivity contribution is 5.28. The normalized spacial score (nSPS) is 23.1. The first-order chi connectivity index (χ1) is 9.24. The van der Waals surface area contributed by atoms with Gasteiger partial charge in [0.2, 0.25) is 11.8 Å². The summed E-state index contributed by atoms with van der Waals surface area (Å²) in [5.74, 6) is 0.520. The zero-order chi connectivity index (χ0) is 13.7. The number of halogens is 1. The molecular weight excluding hydrogens is 245 g/mol. The van der Waals surface area contributed by atoms with Crippen LogP contribution in [0.2, 0.25) is 0 Å². The van der Waals surface area contributed by atoms with E-state index in [1.54, 1.807) is 0 Å². The summed E-state index contributed by atoms with van der Waals surface area (Å²) in [6, 6.07) is 0. The van der Waals surface area contributed by atoms with Crippen molar-refractivity contribution in [2.45, 2.75) is 52.1 Å². The van der Waals surface area contributed by atoms with Crippen LogP contribution in [0.4, 0.5) is 10.3 Å². The summed E-state index contributed by atoms with van der Waals surface area (Å²) in [5.41, 5.74) is 0. The Hall–Kier alpha value is -1.39. The molecular formula is C14H22FN3O. The second kappa shape index (κ2) is 6.68. The lowest BCUT2D eigenvalue weighted by molar-refractivity contribution is 0.0813. The van der Waals surface area contributed by atoms with Crippen LogP contribution in [0.3, 0.4) is 0 Å². The topological polar surface area (TPSA) is 47.0 Å². The van der Waals surface area contributed by atoms with Crippen molar-refractivity contribution in [3.63, 3.8) is 0 Å². The molecule has 0 bridgehead atoms. The number of ether oxygens (including phenoxy) is 1. The molecule has 4 nitrogen and oxygen atoms in total. The van der Waals surface area contributed by atoms with Crippen molar-refractivity contribution >= 4 is 5.95 Å². The largest absolute Gasteiger partial charge is 0.472 e. The first-order valence-electron chi connectivity index (χ1n) is 7.17. The maximum absolute atomic E-state index is 13.7. The first-order valence-corrected chi connectivity index (χ1v) is 7.17. The van der Waals surface area contributed by atoms with Crippen molar-refractivity contribution in [1.82, 2.24) is 9.97 Å². The Morgan fingerprint density at radius 3 is 2.89 bits per heavy atom. The predicted octanol–water partition coefficient (Wildman–Crippen LogP) is 3.40. The lowest BCUT2D eigenvalue weighted by atomic mass is 9.85. The minimum Gasteiger partial charge on any atom is -0.472 e. The van der Waals surface area contributed by atoms with Gasteiger partial charge in [0.25, 0.3) is 5.88 Å². The first kappa shape index (κ1) is 14.0. The Morgan fingerprint density at radius 2 is 2.16 bits per heavy atom. The molecule has 1 aliphatic rings. The standard InChI is InChI=1S/C14H22FN3O/c1-3-10-7-5-6-8-12(10)19-13-11(15)9-17-14(18-13)16-4-2/h9-10,12H,3-8H2,1-2H3,(H,16,17,18). The molecule has 1 fully saturated rings. The molecule has 5 heteroatoms. The Balaban J connectivity index is 2.10. The smallest absolute Gasteiger partial charge is 0.255 e. The van der Waals surface area contributed by atoms with Gasteiger partial charge in [-0.15, -0.1) is 0 Å². The summed E-state index contributed by atoms with van der Waals surface area (Å²) < 4.78 is 19.5. The summed E-state index contributed by atoms with van der Waals surface area (Å²) >= 11 is 0. The molecule has 0 aliphatic heterocycles. The van der Waals surface area contributed by atoms with E-state index >= 15 is 0 Å². The molecule has 0 saturated heterocycles. The molecule has 1 saturated carbocycles. The third-order valence-electron chi connectivity index (χ3n) is 3.67. The van der Waals surface area contributed by atoms with Crippen molar-refractivity contribution in [2.75, 3.05) is 11.9 Å². The van der Waals surface area contributed by atoms with Gasteiger partial charge in [0.15, 0.2) is 0 Å². The fourth-order valence-corrected chi connectivity index (χ4v) is 2.62. The molecule has 1 aliphatic carbocycles. The summed E-state index contributed by atoms with van der Waals surface area (Å²) in [7, 11) is 0. The van der Waals surface area contributed by atoms with E-state index in [4.69, 9.17) is 4.74 Å². The molecule has 19 heavy (non-hydrogen) atoms. The van der Waals surface area contributed by atoms with Crippen LogP contribution in [0.5, 0.6) is 5.88 Å². The van der Waals surface area contributed by atoms with Crippen molar-refractivity contribution in [1.29, 1.82) is 0 Å². The van der Waals surface area contributed by atoms with Crippen LogP contribution in [-0.4, -0.2) is 22.6 Å². The van der Waals surface area contributed by atoms with Crippen molar-refractivity contribution in [2.24, 2.45) is 5.92 Å². The number of nitrogens with one attached hydrogen (secondary N) is 1. The molecule has 1 aromatic heterocycles. The number of hydrogen-bond donors (Lipinski definition) is 1. The molecule has 2 rings (SSSR count). The van der Waals surface area contributed by atoms with E-state index < -0.39 is 5.82 Å². The van der Waals surface area contributed by atoms with Crippen LogP contribution in [-0.2, 0) is 0 Å². The summed E-state index contributed by atoms with van der Waals surface area (Å²) in [6.07, 6.45) is 6.85. The van der Waals surface area contributed by atoms with Crippen LogP contribution in [0.15, 0.2) is 6.20 Å². The number of aromatic nitrogens is 2. The third kappa shape index (κ3) is 3.55. The van der Waals surface area contributed by atoms with Crippen LogP contribution in [0.25, 0.3) is 0 Å². The molecule has 2 unspecified atom stereocenters. The zero-order valence-electron chi connectivity index (χ0n) is 11.7. The highest BCUT2D eigenvalue weighted by Gasteiger charge is 2.26. The lowest BCUT2D eigenvalue weighted by Gasteiger charge is -2.30. The predicted molar refractivity (Wildman–Crippen MR) is 72.8 cm³/mol. The van der Waals surface area contributed by atoms with E-state index in [9.17, 15) is 4.39 Å². The van der Waals surface area contributed by atoms with E-state index in [0.717, 1.165) is 25.7 Å². The zero-order valence-corrected chi connectivity index (χ0v) is 11.7. The quantitative estimate of drug-likeness (QED) is 0.888. The maximum Gasteiger partial charge on any atom is 0.255 e. The number of nitrogens with zero attached hydrogens (tertiary/aromatic N) is 2. The fourth-order valence-electron chi connectivity index (χ4n) is 2.62. The van der Waals surface area contributed by atoms with Gasteiger partial charge in [-0.05, 0) is 38.5 Å². The molecule has 1 aromatic rings. The Bertz CT molecular complexity index is 414. The van der Waals surface area contributed by atoms with Crippen molar-refractivity contribution in [3.8, 4) is 5.88 Å². The number of anilines is 1. The molecule has 0 spiro atoms. The van der Waals surface area contributed by atoms with Crippen LogP contribution in [0.1, 0.15) is 46.0 Å². The second-order valence-electron chi connectivity index (χ2n) is 4.99. The van der Waals surface area contributed by atoms with Gasteiger partial charge in [-0.25, -0.2) is 4.98 Å². The van der Waals surface area contributed by atoms with Gasteiger partial charge in [-0.3, -0.25) is 0 Å². The van der Waals surface area contributed by atoms with E-state index in [-0.39, 0.29) is 12.0 Å². The van der Waals surface area contributed by atoms with Gasteiger partial charge in [-0.1, -0.05) is 13.3 Å². The Kier molecular flexibility index (Phi) is 4.93. The van der Waals surface area contributed by atoms with E-state index in [1.165, 1.54) is 12.6 Å². The lowest BCUT2D eigenvalue weighted by Crippen LogP contribution is -2.30. The molecule has 1 N–H and O–H groups in total. The number of rotatable bonds is 5. The molecule has 2 atom stereocenters. The molecule has 0 radical (unpaired) electrons. The fraction of sp³-hybridized carbons (Fsp3) is 0.714. The van der Waals surface area contributed by atoms with Crippen LogP contribution >= 0.6 is 0 Å². The third-order valence-corrected chi connectivity index (χ3v) is 3.67. The highest BCUT2D eigenvalue weighted by atomic mass is 19.1. The van der Waals surface area contributed by atoms with E-state index in [1.807, 2.05) is 6.92 Å². The minimum atomic E-state index is -0.484. The molecule has 0 aromatic carbocycles. The van der Waals surface area contributed by atoms with E-state index in [0.29, 0.717) is 18.4 Å². The van der Waals surface area contributed by atoms with Gasteiger partial charge in [-0.2, -0.15) is 9.37 Å². The van der Waals surface area contributed by atoms with E-state index in [2.05, 4.69) is 22.2 Å². The van der Waals surface area contributed by atoms with Gasteiger partial charge >= 0.3 is 0 Å². The highest BCUT2D eigenvalue weighted by Crippen LogP contribution is 2.30. The summed E-state index contributed by atoms with van der Waals surface area (Å²) in [6.45, 7) is 4.81. The SMILES string of the molecule is CCNc1ncc(F)c(OC2CCCCC2CC)n1. The van der Waals surface area contributed by atoms with Crippen LogP contribution in [0, 0.1) is 11.7 Å². The molecule has 1 heterocycles. The summed E-state index contributed by atoms with van der Waals surface area (Å²) in [5, 5.41) is 2.97. The minimum absolute atomic E-state index is 0.0799. The van der Waals surface area contributed by atoms with Gasteiger partial charge in [0, 0.05) is 6.54 Å². The second-order valence-corrected chi connectivity index (χ2v) is 4.99. The average Bonchev–Trinajstić information content (AvgIpc) is 2.43. The average molecular weight is 267 g/mol. The Morgan fingerprint density at radius 1 is 1.37 bits per heavy atom. The Labute approximate surface area is 113 Å². The molecule has 106 valence electrons. The van der Waals surface area contributed by atoms with Gasteiger partial charge in [0.1, 0.15) is 6.10 Å². The molecule has 0 amide bonds. The number of hydrogen-bond acceptors (Lipinski definition) is 4.